The predicted octanol–water partition coefficient (Wildman–Crippen LogP) is 5.68. The maximum Gasteiger partial charge on any atom is 0.291 e. The predicted molar refractivity (Wildman–Crippen MR) is 103 cm³/mol. The summed E-state index contributed by atoms with van der Waals surface area (Å²) in [5, 5.41) is 3.84. The molecule has 0 aliphatic rings. The van der Waals surface area contributed by atoms with Crippen LogP contribution in [0.2, 0.25) is 0 Å². The van der Waals surface area contributed by atoms with Gasteiger partial charge in [0.1, 0.15) is 5.58 Å². The molecular weight excluding hydrogens is 382 g/mol. The molecule has 0 saturated carbocycles. The largest absolute Gasteiger partial charge is 0.451 e. The molecule has 0 unspecified atom stereocenters. The van der Waals surface area contributed by atoms with Crippen LogP contribution >= 0.6 is 15.9 Å². The van der Waals surface area contributed by atoms with E-state index in [2.05, 4.69) is 21.2 Å². The number of fused-ring (bicyclic) bond motifs is 1. The number of anilines is 1. The molecule has 5 heteroatoms. The first-order valence-corrected chi connectivity index (χ1v) is 8.95. The number of benzene rings is 2. The van der Waals surface area contributed by atoms with Crippen LogP contribution in [-0.2, 0) is 11.3 Å². The molecule has 0 radical (unpaired) electrons. The standard InChI is InChI=1S/C20H20BrNO3/c1-12(2)24-11-15-14-7-4-5-10-18(14)25-19(15)20(23)22-17-9-6-8-16(21)13(17)3/h4-10,12H,11H2,1-3H3,(H,22,23). The Balaban J connectivity index is 1.97. The molecule has 0 atom stereocenters. The van der Waals surface area contributed by atoms with Gasteiger partial charge in [-0.15, -0.1) is 0 Å². The maximum absolute atomic E-state index is 12.8. The third kappa shape index (κ3) is 3.78. The van der Waals surface area contributed by atoms with E-state index in [1.807, 2.05) is 63.2 Å². The van der Waals surface area contributed by atoms with E-state index in [0.29, 0.717) is 18.0 Å². The van der Waals surface area contributed by atoms with E-state index in [1.54, 1.807) is 0 Å². The first-order valence-electron chi connectivity index (χ1n) is 8.16. The molecule has 1 aromatic heterocycles. The van der Waals surface area contributed by atoms with Crippen molar-refractivity contribution in [1.29, 1.82) is 0 Å². The molecule has 0 saturated heterocycles. The first-order chi connectivity index (χ1) is 12.0. The van der Waals surface area contributed by atoms with Crippen molar-refractivity contribution in [2.45, 2.75) is 33.5 Å². The van der Waals surface area contributed by atoms with E-state index >= 15 is 0 Å². The molecule has 1 N–H and O–H groups in total. The molecule has 130 valence electrons. The van der Waals surface area contributed by atoms with Gasteiger partial charge in [-0.25, -0.2) is 0 Å². The Labute approximate surface area is 155 Å². The van der Waals surface area contributed by atoms with E-state index in [0.717, 1.165) is 26.7 Å². The van der Waals surface area contributed by atoms with Gasteiger partial charge in [-0.1, -0.05) is 40.2 Å². The number of rotatable bonds is 5. The van der Waals surface area contributed by atoms with Gasteiger partial charge in [-0.3, -0.25) is 4.79 Å². The summed E-state index contributed by atoms with van der Waals surface area (Å²) in [6.45, 7) is 6.20. The summed E-state index contributed by atoms with van der Waals surface area (Å²) in [6.07, 6.45) is 0.0666. The summed E-state index contributed by atoms with van der Waals surface area (Å²) in [6, 6.07) is 13.3. The summed E-state index contributed by atoms with van der Waals surface area (Å²) in [4.78, 5) is 12.8. The van der Waals surface area contributed by atoms with Gasteiger partial charge in [0.05, 0.1) is 12.7 Å². The van der Waals surface area contributed by atoms with Crippen LogP contribution in [-0.4, -0.2) is 12.0 Å². The molecule has 3 aromatic rings. The average Bonchev–Trinajstić information content (AvgIpc) is 2.96. The zero-order valence-electron chi connectivity index (χ0n) is 14.4. The number of furan rings is 1. The normalized spacial score (nSPS) is 11.2. The number of nitrogens with one attached hydrogen (secondary N) is 1. The van der Waals surface area contributed by atoms with Crippen molar-refractivity contribution in [3.63, 3.8) is 0 Å². The molecule has 1 heterocycles. The second kappa shape index (κ2) is 7.42. The van der Waals surface area contributed by atoms with E-state index < -0.39 is 0 Å². The lowest BCUT2D eigenvalue weighted by Crippen LogP contribution is -2.15. The fourth-order valence-corrected chi connectivity index (χ4v) is 2.96. The highest BCUT2D eigenvalue weighted by Gasteiger charge is 2.21. The molecular formula is C20H20BrNO3. The molecule has 25 heavy (non-hydrogen) atoms. The highest BCUT2D eigenvalue weighted by Crippen LogP contribution is 2.29. The van der Waals surface area contributed by atoms with Crippen molar-refractivity contribution in [3.8, 4) is 0 Å². The minimum absolute atomic E-state index is 0.0666. The minimum Gasteiger partial charge on any atom is -0.451 e. The van der Waals surface area contributed by atoms with Crippen LogP contribution in [0.25, 0.3) is 11.0 Å². The molecule has 0 spiro atoms. The summed E-state index contributed by atoms with van der Waals surface area (Å²) < 4.78 is 12.5. The van der Waals surface area contributed by atoms with E-state index in [-0.39, 0.29) is 12.0 Å². The average molecular weight is 402 g/mol. The van der Waals surface area contributed by atoms with Crippen LogP contribution in [0.4, 0.5) is 5.69 Å². The number of amides is 1. The quantitative estimate of drug-likeness (QED) is 0.597. The van der Waals surface area contributed by atoms with Gasteiger partial charge >= 0.3 is 0 Å². The van der Waals surface area contributed by atoms with Crippen molar-refractivity contribution in [2.75, 3.05) is 5.32 Å². The van der Waals surface area contributed by atoms with Gasteiger partial charge in [0.15, 0.2) is 5.76 Å². The third-order valence-electron chi connectivity index (χ3n) is 3.98. The van der Waals surface area contributed by atoms with Crippen molar-refractivity contribution in [2.24, 2.45) is 0 Å². The molecule has 0 bridgehead atoms. The maximum atomic E-state index is 12.8. The molecule has 3 rings (SSSR count). The highest BCUT2D eigenvalue weighted by molar-refractivity contribution is 9.10. The van der Waals surface area contributed by atoms with Crippen LogP contribution in [0.5, 0.6) is 0 Å². The lowest BCUT2D eigenvalue weighted by atomic mass is 10.1. The van der Waals surface area contributed by atoms with Crippen LogP contribution in [0, 0.1) is 6.92 Å². The number of para-hydroxylation sites is 1. The zero-order valence-corrected chi connectivity index (χ0v) is 16.0. The van der Waals surface area contributed by atoms with Gasteiger partial charge in [-0.05, 0) is 44.5 Å². The Kier molecular flexibility index (Phi) is 5.25. The van der Waals surface area contributed by atoms with Gasteiger partial charge in [0.25, 0.3) is 5.91 Å². The molecule has 4 nitrogen and oxygen atoms in total. The van der Waals surface area contributed by atoms with Crippen molar-refractivity contribution >= 4 is 38.5 Å². The number of hydrogen-bond donors (Lipinski definition) is 1. The van der Waals surface area contributed by atoms with E-state index in [4.69, 9.17) is 9.15 Å². The van der Waals surface area contributed by atoms with Crippen LogP contribution < -0.4 is 5.32 Å². The summed E-state index contributed by atoms with van der Waals surface area (Å²) in [5.74, 6) is 0.0148. The van der Waals surface area contributed by atoms with Crippen molar-refractivity contribution < 1.29 is 13.9 Å². The first kappa shape index (κ1) is 17.7. The van der Waals surface area contributed by atoms with Crippen LogP contribution in [0.3, 0.4) is 0 Å². The van der Waals surface area contributed by atoms with Crippen molar-refractivity contribution in [3.05, 3.63) is 63.8 Å². The monoisotopic (exact) mass is 401 g/mol. The smallest absolute Gasteiger partial charge is 0.291 e. The second-order valence-electron chi connectivity index (χ2n) is 6.13. The van der Waals surface area contributed by atoms with Gasteiger partial charge in [0.2, 0.25) is 0 Å². The Bertz CT molecular complexity index is 914. The number of carbonyl (C=O) groups excluding carboxylic acids is 1. The Morgan fingerprint density at radius 3 is 2.72 bits per heavy atom. The number of halogens is 1. The van der Waals surface area contributed by atoms with Crippen LogP contribution in [0.1, 0.15) is 35.5 Å². The van der Waals surface area contributed by atoms with Gasteiger partial charge in [0, 0.05) is 21.1 Å². The lowest BCUT2D eigenvalue weighted by molar-refractivity contribution is 0.0648. The number of carbonyl (C=O) groups is 1. The summed E-state index contributed by atoms with van der Waals surface area (Å²) >= 11 is 3.48. The topological polar surface area (TPSA) is 51.5 Å². The highest BCUT2D eigenvalue weighted by atomic mass is 79.9. The molecule has 0 aliphatic heterocycles. The zero-order chi connectivity index (χ0) is 18.0. The Morgan fingerprint density at radius 1 is 1.20 bits per heavy atom. The summed E-state index contributed by atoms with van der Waals surface area (Å²) in [5.41, 5.74) is 3.16. The molecule has 2 aromatic carbocycles. The van der Waals surface area contributed by atoms with Crippen LogP contribution in [0.15, 0.2) is 51.4 Å². The number of ether oxygens (including phenoxy) is 1. The third-order valence-corrected chi connectivity index (χ3v) is 4.84. The SMILES string of the molecule is Cc1c(Br)cccc1NC(=O)c1oc2ccccc2c1COC(C)C. The van der Waals surface area contributed by atoms with E-state index in [9.17, 15) is 4.79 Å². The molecule has 0 fully saturated rings. The fourth-order valence-electron chi connectivity index (χ4n) is 2.60. The Morgan fingerprint density at radius 2 is 1.96 bits per heavy atom. The second-order valence-corrected chi connectivity index (χ2v) is 6.99. The number of hydrogen-bond acceptors (Lipinski definition) is 3. The van der Waals surface area contributed by atoms with Gasteiger partial charge in [-0.2, -0.15) is 0 Å². The Hall–Kier alpha value is -2.11. The molecule has 0 aliphatic carbocycles. The lowest BCUT2D eigenvalue weighted by Gasteiger charge is -2.10. The van der Waals surface area contributed by atoms with E-state index in [1.165, 1.54) is 0 Å². The van der Waals surface area contributed by atoms with Gasteiger partial charge < -0.3 is 14.5 Å². The molecule has 1 amide bonds. The van der Waals surface area contributed by atoms with Crippen molar-refractivity contribution in [1.82, 2.24) is 0 Å². The fraction of sp³-hybridized carbons (Fsp3) is 0.250. The summed E-state index contributed by atoms with van der Waals surface area (Å²) in [7, 11) is 0. The minimum atomic E-state index is -0.278.